The minimum absolute atomic E-state index is 0.0224. The second-order valence-electron chi connectivity index (χ2n) is 7.06. The number of nitrogens with zero attached hydrogens (tertiary/aromatic N) is 1. The maximum atomic E-state index is 5.45. The first-order valence-corrected chi connectivity index (χ1v) is 7.41. The van der Waals surface area contributed by atoms with E-state index in [0.29, 0.717) is 6.04 Å². The molecule has 20 heavy (non-hydrogen) atoms. The molecule has 1 fully saturated rings. The van der Waals surface area contributed by atoms with Crippen LogP contribution in [0.2, 0.25) is 0 Å². The highest BCUT2D eigenvalue weighted by atomic mass is 16.5. The van der Waals surface area contributed by atoms with Crippen LogP contribution in [-0.2, 0) is 4.74 Å². The summed E-state index contributed by atoms with van der Waals surface area (Å²) in [7, 11) is 1.78. The van der Waals surface area contributed by atoms with Crippen molar-refractivity contribution in [3.8, 4) is 0 Å². The van der Waals surface area contributed by atoms with E-state index in [1.54, 1.807) is 7.11 Å². The van der Waals surface area contributed by atoms with Crippen molar-refractivity contribution in [2.24, 2.45) is 0 Å². The van der Waals surface area contributed by atoms with Crippen LogP contribution in [0, 0.1) is 0 Å². The van der Waals surface area contributed by atoms with Crippen molar-refractivity contribution >= 4 is 0 Å². The lowest BCUT2D eigenvalue weighted by Gasteiger charge is -2.51. The summed E-state index contributed by atoms with van der Waals surface area (Å²) in [5, 5.41) is 3.67. The van der Waals surface area contributed by atoms with Crippen LogP contribution in [0.3, 0.4) is 0 Å². The molecule has 2 rings (SSSR count). The fourth-order valence-electron chi connectivity index (χ4n) is 3.12. The number of methoxy groups -OCH3 is 1. The fraction of sp³-hybridized carbons (Fsp3) is 0.647. The Kier molecular flexibility index (Phi) is 4.52. The molecule has 0 saturated carbocycles. The first kappa shape index (κ1) is 15.5. The monoisotopic (exact) mass is 276 g/mol. The molecule has 1 atom stereocenters. The maximum absolute atomic E-state index is 5.45. The summed E-state index contributed by atoms with van der Waals surface area (Å²) in [6.45, 7) is 11.8. The van der Waals surface area contributed by atoms with Gasteiger partial charge in [0.15, 0.2) is 0 Å². The van der Waals surface area contributed by atoms with Crippen molar-refractivity contribution in [1.29, 1.82) is 0 Å². The zero-order chi connectivity index (χ0) is 14.8. The van der Waals surface area contributed by atoms with E-state index in [1.807, 2.05) is 0 Å². The second-order valence-corrected chi connectivity index (χ2v) is 7.06. The molecule has 0 bridgehead atoms. The average Bonchev–Trinajstić information content (AvgIpc) is 2.39. The van der Waals surface area contributed by atoms with Crippen molar-refractivity contribution in [3.63, 3.8) is 0 Å². The van der Waals surface area contributed by atoms with Gasteiger partial charge < -0.3 is 10.1 Å². The van der Waals surface area contributed by atoms with Crippen LogP contribution in [0.25, 0.3) is 0 Å². The molecule has 1 saturated heterocycles. The van der Waals surface area contributed by atoms with Gasteiger partial charge in [0.25, 0.3) is 0 Å². The standard InChI is InChI=1S/C17H28N2O/c1-16(2)12-19(17(3,4)13-20-5)15(11-18-16)14-9-7-6-8-10-14/h6-10,15,18H,11-13H2,1-5H3. The van der Waals surface area contributed by atoms with Crippen molar-refractivity contribution in [1.82, 2.24) is 10.2 Å². The van der Waals surface area contributed by atoms with Crippen molar-refractivity contribution in [3.05, 3.63) is 35.9 Å². The summed E-state index contributed by atoms with van der Waals surface area (Å²) in [4.78, 5) is 2.59. The molecule has 0 spiro atoms. The highest BCUT2D eigenvalue weighted by Gasteiger charge is 2.40. The molecule has 1 aromatic rings. The minimum atomic E-state index is 0.0224. The minimum Gasteiger partial charge on any atom is -0.383 e. The Bertz CT molecular complexity index is 428. The van der Waals surface area contributed by atoms with E-state index >= 15 is 0 Å². The third-order valence-electron chi connectivity index (χ3n) is 4.18. The van der Waals surface area contributed by atoms with Gasteiger partial charge in [-0.05, 0) is 33.3 Å². The van der Waals surface area contributed by atoms with E-state index in [0.717, 1.165) is 19.7 Å². The van der Waals surface area contributed by atoms with Crippen LogP contribution >= 0.6 is 0 Å². The zero-order valence-corrected chi connectivity index (χ0v) is 13.4. The highest BCUT2D eigenvalue weighted by Crippen LogP contribution is 2.33. The molecule has 1 N–H and O–H groups in total. The number of nitrogens with one attached hydrogen (secondary N) is 1. The third kappa shape index (κ3) is 3.40. The normalized spacial score (nSPS) is 23.8. The zero-order valence-electron chi connectivity index (χ0n) is 13.4. The number of benzene rings is 1. The molecule has 1 unspecified atom stereocenters. The van der Waals surface area contributed by atoms with Gasteiger partial charge in [-0.25, -0.2) is 0 Å². The number of rotatable bonds is 4. The summed E-state index contributed by atoms with van der Waals surface area (Å²) in [5.41, 5.74) is 1.53. The van der Waals surface area contributed by atoms with Crippen LogP contribution in [0.5, 0.6) is 0 Å². The molecular formula is C17H28N2O. The van der Waals surface area contributed by atoms with Gasteiger partial charge in [-0.3, -0.25) is 4.90 Å². The van der Waals surface area contributed by atoms with Gasteiger partial charge in [0.1, 0.15) is 0 Å². The Morgan fingerprint density at radius 3 is 2.55 bits per heavy atom. The molecule has 1 heterocycles. The SMILES string of the molecule is COCC(C)(C)N1CC(C)(C)NCC1c1ccccc1. The van der Waals surface area contributed by atoms with Crippen molar-refractivity contribution < 1.29 is 4.74 Å². The fourth-order valence-corrected chi connectivity index (χ4v) is 3.12. The quantitative estimate of drug-likeness (QED) is 0.915. The van der Waals surface area contributed by atoms with Gasteiger partial charge in [0.05, 0.1) is 6.61 Å². The lowest BCUT2D eigenvalue weighted by molar-refractivity contribution is -0.0314. The van der Waals surface area contributed by atoms with E-state index < -0.39 is 0 Å². The van der Waals surface area contributed by atoms with E-state index in [2.05, 4.69) is 68.2 Å². The Hall–Kier alpha value is -0.900. The third-order valence-corrected chi connectivity index (χ3v) is 4.18. The van der Waals surface area contributed by atoms with Crippen LogP contribution in [0.4, 0.5) is 0 Å². The Morgan fingerprint density at radius 2 is 1.95 bits per heavy atom. The highest BCUT2D eigenvalue weighted by molar-refractivity contribution is 5.21. The predicted octanol–water partition coefficient (Wildman–Crippen LogP) is 2.84. The van der Waals surface area contributed by atoms with Crippen molar-refractivity contribution in [2.45, 2.75) is 44.8 Å². The predicted molar refractivity (Wildman–Crippen MR) is 83.9 cm³/mol. The summed E-state index contributed by atoms with van der Waals surface area (Å²) >= 11 is 0. The van der Waals surface area contributed by atoms with Gasteiger partial charge in [0, 0.05) is 37.3 Å². The van der Waals surface area contributed by atoms with E-state index in [1.165, 1.54) is 5.56 Å². The van der Waals surface area contributed by atoms with E-state index in [4.69, 9.17) is 4.74 Å². The first-order valence-electron chi connectivity index (χ1n) is 7.41. The van der Waals surface area contributed by atoms with Gasteiger partial charge in [-0.2, -0.15) is 0 Å². The van der Waals surface area contributed by atoms with E-state index in [9.17, 15) is 0 Å². The lowest BCUT2D eigenvalue weighted by Crippen LogP contribution is -2.64. The smallest absolute Gasteiger partial charge is 0.0641 e. The van der Waals surface area contributed by atoms with Crippen LogP contribution in [0.1, 0.15) is 39.3 Å². The number of hydrogen-bond donors (Lipinski definition) is 1. The molecule has 112 valence electrons. The summed E-state index contributed by atoms with van der Waals surface area (Å²) in [6.07, 6.45) is 0. The molecule has 1 aliphatic heterocycles. The van der Waals surface area contributed by atoms with Crippen molar-refractivity contribution in [2.75, 3.05) is 26.8 Å². The molecule has 1 aliphatic rings. The first-order chi connectivity index (χ1) is 9.36. The molecule has 0 aromatic heterocycles. The second kappa shape index (κ2) is 5.84. The summed E-state index contributed by atoms with van der Waals surface area (Å²) < 4.78 is 5.45. The summed E-state index contributed by atoms with van der Waals surface area (Å²) in [5.74, 6) is 0. The summed E-state index contributed by atoms with van der Waals surface area (Å²) in [6, 6.07) is 11.2. The van der Waals surface area contributed by atoms with Gasteiger partial charge in [0.2, 0.25) is 0 Å². The molecule has 0 radical (unpaired) electrons. The molecule has 3 nitrogen and oxygen atoms in total. The largest absolute Gasteiger partial charge is 0.383 e. The van der Waals surface area contributed by atoms with Crippen LogP contribution in [-0.4, -0.2) is 42.8 Å². The Morgan fingerprint density at radius 1 is 1.30 bits per heavy atom. The molecule has 1 aromatic carbocycles. The average molecular weight is 276 g/mol. The maximum Gasteiger partial charge on any atom is 0.0641 e. The Labute approximate surface area is 123 Å². The van der Waals surface area contributed by atoms with Gasteiger partial charge in [-0.15, -0.1) is 0 Å². The van der Waals surface area contributed by atoms with E-state index in [-0.39, 0.29) is 11.1 Å². The molecule has 0 amide bonds. The number of piperazine rings is 1. The molecule has 3 heteroatoms. The molecule has 0 aliphatic carbocycles. The molecular weight excluding hydrogens is 248 g/mol. The number of hydrogen-bond acceptors (Lipinski definition) is 3. The number of ether oxygens (including phenoxy) is 1. The van der Waals surface area contributed by atoms with Gasteiger partial charge >= 0.3 is 0 Å². The van der Waals surface area contributed by atoms with Crippen LogP contribution < -0.4 is 5.32 Å². The topological polar surface area (TPSA) is 24.5 Å². The lowest BCUT2D eigenvalue weighted by atomic mass is 9.89. The Balaban J connectivity index is 2.29. The van der Waals surface area contributed by atoms with Gasteiger partial charge in [-0.1, -0.05) is 30.3 Å². The van der Waals surface area contributed by atoms with Crippen LogP contribution in [0.15, 0.2) is 30.3 Å².